The number of benzene rings is 2. The van der Waals surface area contributed by atoms with Gasteiger partial charge in [0.25, 0.3) is 0 Å². The summed E-state index contributed by atoms with van der Waals surface area (Å²) in [6, 6.07) is 15.4. The Morgan fingerprint density at radius 3 is 1.55 bits per heavy atom. The normalized spacial score (nSPS) is 8.80. The standard InChI is InChI=1S/C7H10N2.C7H9N.C3H8/c8-5-6-3-1-2-4-7(6)9;1-6-4-2-3-5-7(6)8;1-3-2/h1-4H,5,8-9H2;2-5H,8H2,1H3;3H2,1-2H3. The lowest BCUT2D eigenvalue weighted by Crippen LogP contribution is -2.00. The summed E-state index contributed by atoms with van der Waals surface area (Å²) < 4.78 is 0. The lowest BCUT2D eigenvalue weighted by Gasteiger charge is -1.98. The third-order valence-corrected chi connectivity index (χ3v) is 2.46. The van der Waals surface area contributed by atoms with Gasteiger partial charge in [-0.15, -0.1) is 0 Å². The van der Waals surface area contributed by atoms with Crippen molar-refractivity contribution in [1.82, 2.24) is 0 Å². The van der Waals surface area contributed by atoms with E-state index in [1.807, 2.05) is 55.5 Å². The summed E-state index contributed by atoms with van der Waals surface area (Å²) >= 11 is 0. The number of anilines is 2. The molecule has 110 valence electrons. The Kier molecular flexibility index (Phi) is 9.79. The van der Waals surface area contributed by atoms with E-state index in [2.05, 4.69) is 13.8 Å². The molecule has 3 nitrogen and oxygen atoms in total. The molecule has 0 bridgehead atoms. The van der Waals surface area contributed by atoms with Gasteiger partial charge in [0.15, 0.2) is 0 Å². The van der Waals surface area contributed by atoms with Crippen LogP contribution >= 0.6 is 0 Å². The second kappa shape index (κ2) is 10.9. The second-order valence-electron chi connectivity index (χ2n) is 4.47. The predicted octanol–water partition coefficient (Wildman–Crippen LogP) is 3.72. The Balaban J connectivity index is 0.000000304. The van der Waals surface area contributed by atoms with Crippen molar-refractivity contribution in [2.45, 2.75) is 33.7 Å². The highest BCUT2D eigenvalue weighted by molar-refractivity contribution is 5.46. The topological polar surface area (TPSA) is 78.1 Å². The van der Waals surface area contributed by atoms with Crippen LogP contribution in [-0.2, 0) is 6.54 Å². The molecule has 0 aliphatic heterocycles. The van der Waals surface area contributed by atoms with Gasteiger partial charge in [0.2, 0.25) is 0 Å². The van der Waals surface area contributed by atoms with Gasteiger partial charge in [-0.25, -0.2) is 0 Å². The van der Waals surface area contributed by atoms with E-state index in [1.165, 1.54) is 6.42 Å². The molecule has 0 heterocycles. The first-order valence-corrected chi connectivity index (χ1v) is 6.91. The van der Waals surface area contributed by atoms with Crippen LogP contribution < -0.4 is 17.2 Å². The molecule has 2 aromatic carbocycles. The van der Waals surface area contributed by atoms with Crippen molar-refractivity contribution in [1.29, 1.82) is 0 Å². The van der Waals surface area contributed by atoms with Crippen LogP contribution in [0.3, 0.4) is 0 Å². The molecule has 6 N–H and O–H groups in total. The van der Waals surface area contributed by atoms with Crippen LogP contribution in [0.15, 0.2) is 48.5 Å². The number of nitrogen functional groups attached to an aromatic ring is 2. The van der Waals surface area contributed by atoms with E-state index in [-0.39, 0.29) is 0 Å². The molecule has 3 heteroatoms. The molecule has 0 saturated carbocycles. The Morgan fingerprint density at radius 2 is 1.25 bits per heavy atom. The number of rotatable bonds is 1. The molecule has 0 radical (unpaired) electrons. The van der Waals surface area contributed by atoms with Gasteiger partial charge in [0.1, 0.15) is 0 Å². The minimum absolute atomic E-state index is 0.521. The van der Waals surface area contributed by atoms with Gasteiger partial charge in [-0.05, 0) is 30.2 Å². The molecule has 0 amide bonds. The van der Waals surface area contributed by atoms with Crippen LogP contribution in [0.25, 0.3) is 0 Å². The fourth-order valence-electron chi connectivity index (χ4n) is 1.31. The first kappa shape index (κ1) is 18.0. The van der Waals surface area contributed by atoms with E-state index in [4.69, 9.17) is 17.2 Å². The van der Waals surface area contributed by atoms with Gasteiger partial charge in [0.05, 0.1) is 0 Å². The molecule has 0 aliphatic rings. The summed E-state index contributed by atoms with van der Waals surface area (Å²) in [4.78, 5) is 0. The minimum Gasteiger partial charge on any atom is -0.399 e. The average molecular weight is 273 g/mol. The third-order valence-electron chi connectivity index (χ3n) is 2.46. The van der Waals surface area contributed by atoms with Crippen LogP contribution in [0.4, 0.5) is 11.4 Å². The fourth-order valence-corrected chi connectivity index (χ4v) is 1.31. The van der Waals surface area contributed by atoms with Crippen molar-refractivity contribution < 1.29 is 0 Å². The number of hydrogen-bond donors (Lipinski definition) is 3. The maximum Gasteiger partial charge on any atom is 0.0359 e. The predicted molar refractivity (Wildman–Crippen MR) is 90.3 cm³/mol. The highest BCUT2D eigenvalue weighted by atomic mass is 14.6. The maximum absolute atomic E-state index is 5.55. The Hall–Kier alpha value is -2.00. The molecule has 0 aliphatic carbocycles. The Bertz CT molecular complexity index is 460. The summed E-state index contributed by atoms with van der Waals surface area (Å²) in [5.74, 6) is 0. The molecule has 0 saturated heterocycles. The first-order chi connectivity index (χ1) is 9.56. The summed E-state index contributed by atoms with van der Waals surface area (Å²) in [6.45, 7) is 6.77. The molecule has 0 aromatic heterocycles. The van der Waals surface area contributed by atoms with Gasteiger partial charge >= 0.3 is 0 Å². The van der Waals surface area contributed by atoms with E-state index in [0.717, 1.165) is 22.5 Å². The van der Waals surface area contributed by atoms with Crippen molar-refractivity contribution in [2.75, 3.05) is 11.5 Å². The Labute approximate surface area is 122 Å². The number of aryl methyl sites for hydroxylation is 1. The van der Waals surface area contributed by atoms with Gasteiger partial charge in [0, 0.05) is 17.9 Å². The smallest absolute Gasteiger partial charge is 0.0359 e. The average Bonchev–Trinajstić information content (AvgIpc) is 2.44. The number of hydrogen-bond acceptors (Lipinski definition) is 3. The van der Waals surface area contributed by atoms with Crippen molar-refractivity contribution in [2.24, 2.45) is 5.73 Å². The van der Waals surface area contributed by atoms with Crippen LogP contribution in [0.2, 0.25) is 0 Å². The molecule has 0 spiro atoms. The monoisotopic (exact) mass is 273 g/mol. The molecule has 0 unspecified atom stereocenters. The van der Waals surface area contributed by atoms with Crippen molar-refractivity contribution in [3.05, 3.63) is 59.7 Å². The van der Waals surface area contributed by atoms with Crippen molar-refractivity contribution in [3.63, 3.8) is 0 Å². The zero-order valence-corrected chi connectivity index (χ0v) is 12.8. The molecule has 20 heavy (non-hydrogen) atoms. The number of para-hydroxylation sites is 2. The molecular formula is C17H27N3. The maximum atomic E-state index is 5.55. The lowest BCUT2D eigenvalue weighted by molar-refractivity contribution is 1.08. The highest BCUT2D eigenvalue weighted by Crippen LogP contribution is 2.08. The fraction of sp³-hybridized carbons (Fsp3) is 0.294. The molecular weight excluding hydrogens is 246 g/mol. The van der Waals surface area contributed by atoms with Crippen LogP contribution in [0.5, 0.6) is 0 Å². The summed E-state index contributed by atoms with van der Waals surface area (Å²) in [5, 5.41) is 0. The Morgan fingerprint density at radius 1 is 0.800 bits per heavy atom. The van der Waals surface area contributed by atoms with Gasteiger partial charge in [-0.2, -0.15) is 0 Å². The molecule has 2 rings (SSSR count). The van der Waals surface area contributed by atoms with Crippen molar-refractivity contribution in [3.8, 4) is 0 Å². The van der Waals surface area contributed by atoms with E-state index < -0.39 is 0 Å². The van der Waals surface area contributed by atoms with Crippen LogP contribution in [0, 0.1) is 6.92 Å². The van der Waals surface area contributed by atoms with Gasteiger partial charge < -0.3 is 17.2 Å². The molecule has 2 aromatic rings. The lowest BCUT2D eigenvalue weighted by atomic mass is 10.2. The van der Waals surface area contributed by atoms with Crippen LogP contribution in [0.1, 0.15) is 31.4 Å². The second-order valence-corrected chi connectivity index (χ2v) is 4.47. The zero-order chi connectivity index (χ0) is 15.4. The van der Waals surface area contributed by atoms with Gasteiger partial charge in [-0.3, -0.25) is 0 Å². The first-order valence-electron chi connectivity index (χ1n) is 6.91. The summed E-state index contributed by atoms with van der Waals surface area (Å²) in [7, 11) is 0. The van der Waals surface area contributed by atoms with E-state index >= 15 is 0 Å². The summed E-state index contributed by atoms with van der Waals surface area (Å²) in [5.41, 5.74) is 20.2. The quantitative estimate of drug-likeness (QED) is 0.693. The SMILES string of the molecule is CCC.Cc1ccccc1N.NCc1ccccc1N. The van der Waals surface area contributed by atoms with Gasteiger partial charge in [-0.1, -0.05) is 56.7 Å². The molecule has 0 atom stereocenters. The van der Waals surface area contributed by atoms with E-state index in [1.54, 1.807) is 0 Å². The molecule has 0 fully saturated rings. The van der Waals surface area contributed by atoms with E-state index in [0.29, 0.717) is 6.54 Å². The number of nitrogens with two attached hydrogens (primary N) is 3. The zero-order valence-electron chi connectivity index (χ0n) is 12.8. The highest BCUT2D eigenvalue weighted by Gasteiger charge is 1.90. The van der Waals surface area contributed by atoms with Crippen molar-refractivity contribution >= 4 is 11.4 Å². The third kappa shape index (κ3) is 7.44. The largest absolute Gasteiger partial charge is 0.399 e. The minimum atomic E-state index is 0.521. The summed E-state index contributed by atoms with van der Waals surface area (Å²) in [6.07, 6.45) is 1.25. The van der Waals surface area contributed by atoms with E-state index in [9.17, 15) is 0 Å². The van der Waals surface area contributed by atoms with Crippen LogP contribution in [-0.4, -0.2) is 0 Å².